The number of nitrogens with zero attached hydrogens (tertiary/aromatic N) is 2. The Bertz CT molecular complexity index is 1250. The third-order valence-corrected chi connectivity index (χ3v) is 6.68. The van der Waals surface area contributed by atoms with Crippen LogP contribution in [0.5, 0.6) is 0 Å². The topological polar surface area (TPSA) is 98.1 Å². The van der Waals surface area contributed by atoms with Crippen molar-refractivity contribution in [3.05, 3.63) is 69.7 Å². The van der Waals surface area contributed by atoms with E-state index in [4.69, 9.17) is 11.6 Å². The SMILES string of the molecule is O=C(N[C@@H]1CCS(=O)(=O)C1)c1ccc2c(=O)n(-c3cccc(Cl)c3)cnc2c1. The number of carbonyl (C=O) groups excluding carboxylic acids is 1. The van der Waals surface area contributed by atoms with Crippen molar-refractivity contribution in [2.75, 3.05) is 11.5 Å². The molecule has 1 saturated heterocycles. The van der Waals surface area contributed by atoms with Crippen molar-refractivity contribution >= 4 is 38.2 Å². The van der Waals surface area contributed by atoms with Crippen molar-refractivity contribution in [1.29, 1.82) is 0 Å². The number of amides is 1. The monoisotopic (exact) mass is 417 g/mol. The fraction of sp³-hybridized carbons (Fsp3) is 0.211. The molecule has 0 spiro atoms. The highest BCUT2D eigenvalue weighted by atomic mass is 35.5. The van der Waals surface area contributed by atoms with E-state index in [0.717, 1.165) is 0 Å². The summed E-state index contributed by atoms with van der Waals surface area (Å²) in [7, 11) is -3.08. The average molecular weight is 418 g/mol. The maximum absolute atomic E-state index is 12.8. The lowest BCUT2D eigenvalue weighted by molar-refractivity contribution is 0.0941. The fourth-order valence-electron chi connectivity index (χ4n) is 3.25. The van der Waals surface area contributed by atoms with Crippen LogP contribution in [0.25, 0.3) is 16.6 Å². The normalized spacial score (nSPS) is 18.2. The number of aromatic nitrogens is 2. The van der Waals surface area contributed by atoms with E-state index in [1.54, 1.807) is 30.3 Å². The molecule has 1 fully saturated rings. The molecule has 2 aromatic carbocycles. The molecular weight excluding hydrogens is 402 g/mol. The van der Waals surface area contributed by atoms with Gasteiger partial charge in [0.15, 0.2) is 9.84 Å². The third-order valence-electron chi connectivity index (χ3n) is 4.68. The lowest BCUT2D eigenvalue weighted by Gasteiger charge is -2.11. The first-order valence-corrected chi connectivity index (χ1v) is 10.8. The first-order chi connectivity index (χ1) is 13.3. The molecule has 1 amide bonds. The number of rotatable bonds is 3. The van der Waals surface area contributed by atoms with Crippen LogP contribution in [-0.4, -0.2) is 41.4 Å². The Balaban J connectivity index is 1.64. The van der Waals surface area contributed by atoms with Crippen molar-refractivity contribution in [1.82, 2.24) is 14.9 Å². The fourth-order valence-corrected chi connectivity index (χ4v) is 5.11. The van der Waals surface area contributed by atoms with Crippen LogP contribution in [0, 0.1) is 0 Å². The van der Waals surface area contributed by atoms with Crippen molar-refractivity contribution in [2.45, 2.75) is 12.5 Å². The van der Waals surface area contributed by atoms with Gasteiger partial charge >= 0.3 is 0 Å². The standard InChI is InChI=1S/C19H16ClN3O4S/c20-13-2-1-3-15(9-13)23-11-21-17-8-12(4-5-16(17)19(23)25)18(24)22-14-6-7-28(26,27)10-14/h1-5,8-9,11,14H,6-7,10H2,(H,22,24)/t14-/m1/s1. The van der Waals surface area contributed by atoms with Gasteiger partial charge in [-0.3, -0.25) is 14.2 Å². The molecule has 1 aliphatic rings. The number of halogens is 1. The Hall–Kier alpha value is -2.71. The Morgan fingerprint density at radius 3 is 2.75 bits per heavy atom. The number of carbonyl (C=O) groups is 1. The number of sulfone groups is 1. The third kappa shape index (κ3) is 3.65. The number of hydrogen-bond acceptors (Lipinski definition) is 5. The van der Waals surface area contributed by atoms with Gasteiger partial charge < -0.3 is 5.32 Å². The molecule has 144 valence electrons. The van der Waals surface area contributed by atoms with Gasteiger partial charge in [-0.1, -0.05) is 17.7 Å². The number of hydrogen-bond donors (Lipinski definition) is 1. The van der Waals surface area contributed by atoms with E-state index in [9.17, 15) is 18.0 Å². The zero-order chi connectivity index (χ0) is 19.9. The summed E-state index contributed by atoms with van der Waals surface area (Å²) in [5.41, 5.74) is 1.02. The lowest BCUT2D eigenvalue weighted by Crippen LogP contribution is -2.35. The van der Waals surface area contributed by atoms with Gasteiger partial charge in [0.05, 0.1) is 28.1 Å². The van der Waals surface area contributed by atoms with E-state index in [1.807, 2.05) is 0 Å². The van der Waals surface area contributed by atoms with E-state index in [0.29, 0.717) is 33.6 Å². The molecule has 0 saturated carbocycles. The molecule has 3 aromatic rings. The minimum absolute atomic E-state index is 0.0467. The largest absolute Gasteiger partial charge is 0.348 e. The van der Waals surface area contributed by atoms with Crippen LogP contribution in [0.4, 0.5) is 0 Å². The van der Waals surface area contributed by atoms with Crippen molar-refractivity contribution in [3.8, 4) is 5.69 Å². The van der Waals surface area contributed by atoms with Crippen molar-refractivity contribution in [3.63, 3.8) is 0 Å². The summed E-state index contributed by atoms with van der Waals surface area (Å²) in [4.78, 5) is 29.5. The highest BCUT2D eigenvalue weighted by molar-refractivity contribution is 7.91. The van der Waals surface area contributed by atoms with Gasteiger partial charge in [-0.25, -0.2) is 13.4 Å². The minimum Gasteiger partial charge on any atom is -0.348 e. The summed E-state index contributed by atoms with van der Waals surface area (Å²) in [6, 6.07) is 11.1. The zero-order valence-electron chi connectivity index (χ0n) is 14.6. The molecule has 0 unspecified atom stereocenters. The molecule has 1 N–H and O–H groups in total. The highest BCUT2D eigenvalue weighted by Gasteiger charge is 2.29. The second-order valence-electron chi connectivity index (χ2n) is 6.70. The van der Waals surface area contributed by atoms with Gasteiger partial charge in [0.2, 0.25) is 0 Å². The van der Waals surface area contributed by atoms with Gasteiger partial charge in [0.25, 0.3) is 11.5 Å². The van der Waals surface area contributed by atoms with Gasteiger partial charge in [-0.05, 0) is 42.8 Å². The van der Waals surface area contributed by atoms with E-state index in [1.165, 1.54) is 23.0 Å². The predicted molar refractivity (Wildman–Crippen MR) is 107 cm³/mol. The van der Waals surface area contributed by atoms with E-state index < -0.39 is 15.9 Å². The average Bonchev–Trinajstić information content (AvgIpc) is 3.00. The molecule has 0 aliphatic carbocycles. The summed E-state index contributed by atoms with van der Waals surface area (Å²) in [6.45, 7) is 0. The van der Waals surface area contributed by atoms with Crippen LogP contribution >= 0.6 is 11.6 Å². The second kappa shape index (κ2) is 7.03. The molecule has 1 atom stereocenters. The summed E-state index contributed by atoms with van der Waals surface area (Å²) >= 11 is 5.99. The van der Waals surface area contributed by atoms with E-state index >= 15 is 0 Å². The zero-order valence-corrected chi connectivity index (χ0v) is 16.2. The number of benzene rings is 2. The Morgan fingerprint density at radius 2 is 2.04 bits per heavy atom. The number of fused-ring (bicyclic) bond motifs is 1. The Kier molecular flexibility index (Phi) is 4.68. The maximum Gasteiger partial charge on any atom is 0.265 e. The van der Waals surface area contributed by atoms with Crippen LogP contribution < -0.4 is 10.9 Å². The van der Waals surface area contributed by atoms with Crippen LogP contribution in [0.1, 0.15) is 16.8 Å². The van der Waals surface area contributed by atoms with Crippen LogP contribution in [0.3, 0.4) is 0 Å². The van der Waals surface area contributed by atoms with E-state index in [2.05, 4.69) is 10.3 Å². The van der Waals surface area contributed by atoms with Crippen LogP contribution in [0.2, 0.25) is 5.02 Å². The first kappa shape index (κ1) is 18.6. The first-order valence-electron chi connectivity index (χ1n) is 8.61. The Labute approximate surface area is 165 Å². The predicted octanol–water partition coefficient (Wildman–Crippen LogP) is 1.96. The smallest absolute Gasteiger partial charge is 0.265 e. The summed E-state index contributed by atoms with van der Waals surface area (Å²) in [6.07, 6.45) is 1.80. The van der Waals surface area contributed by atoms with Gasteiger partial charge in [0.1, 0.15) is 6.33 Å². The lowest BCUT2D eigenvalue weighted by atomic mass is 10.1. The molecule has 7 nitrogen and oxygen atoms in total. The van der Waals surface area contributed by atoms with Gasteiger partial charge in [-0.2, -0.15) is 0 Å². The summed E-state index contributed by atoms with van der Waals surface area (Å²) in [5, 5.41) is 3.60. The molecule has 28 heavy (non-hydrogen) atoms. The molecule has 0 radical (unpaired) electrons. The van der Waals surface area contributed by atoms with E-state index in [-0.39, 0.29) is 23.0 Å². The highest BCUT2D eigenvalue weighted by Crippen LogP contribution is 2.16. The maximum atomic E-state index is 12.8. The summed E-state index contributed by atoms with van der Waals surface area (Å²) < 4.78 is 24.5. The summed E-state index contributed by atoms with van der Waals surface area (Å²) in [5.74, 6) is -0.348. The molecular formula is C19H16ClN3O4S. The quantitative estimate of drug-likeness (QED) is 0.702. The molecule has 9 heteroatoms. The molecule has 2 heterocycles. The van der Waals surface area contributed by atoms with Gasteiger partial charge in [-0.15, -0.1) is 0 Å². The Morgan fingerprint density at radius 1 is 1.21 bits per heavy atom. The van der Waals surface area contributed by atoms with Crippen LogP contribution in [-0.2, 0) is 9.84 Å². The van der Waals surface area contributed by atoms with Gasteiger partial charge in [0, 0.05) is 16.6 Å². The van der Waals surface area contributed by atoms with Crippen molar-refractivity contribution in [2.24, 2.45) is 0 Å². The second-order valence-corrected chi connectivity index (χ2v) is 9.37. The molecule has 1 aromatic heterocycles. The van der Waals surface area contributed by atoms with Crippen molar-refractivity contribution < 1.29 is 13.2 Å². The molecule has 1 aliphatic heterocycles. The molecule has 0 bridgehead atoms. The number of nitrogens with one attached hydrogen (secondary N) is 1. The minimum atomic E-state index is -3.08. The molecule has 4 rings (SSSR count). The van der Waals surface area contributed by atoms with Crippen LogP contribution in [0.15, 0.2) is 53.6 Å².